The molecule has 0 aromatic rings. The molecular weight excluding hydrogens is 218 g/mol. The quantitative estimate of drug-likeness (QED) is 0.702. The maximum absolute atomic E-state index is 11.6. The maximum Gasteiger partial charge on any atom is 0.306 e. The highest BCUT2D eigenvalue weighted by atomic mass is 16.5. The Bertz CT molecular complexity index is 278. The zero-order chi connectivity index (χ0) is 12.1. The Labute approximate surface area is 102 Å². The van der Waals surface area contributed by atoms with Crippen molar-refractivity contribution in [3.63, 3.8) is 0 Å². The zero-order valence-corrected chi connectivity index (χ0v) is 10.3. The van der Waals surface area contributed by atoms with Gasteiger partial charge in [-0.3, -0.25) is 9.59 Å². The summed E-state index contributed by atoms with van der Waals surface area (Å²) in [6, 6.07) is 0. The standard InChI is InChI=1S/C13H21NO3/c15-12(14-7-3-4-8-14)10-17-13(16)9-11-5-1-2-6-11/h11H,1-10H2. The number of carbonyl (C=O) groups excluding carboxylic acids is 2. The third kappa shape index (κ3) is 3.72. The van der Waals surface area contributed by atoms with Crippen LogP contribution in [0.15, 0.2) is 0 Å². The van der Waals surface area contributed by atoms with Crippen molar-refractivity contribution in [3.05, 3.63) is 0 Å². The molecule has 1 saturated heterocycles. The van der Waals surface area contributed by atoms with Gasteiger partial charge in [-0.2, -0.15) is 0 Å². The second-order valence-corrected chi connectivity index (χ2v) is 5.10. The molecule has 2 rings (SSSR count). The Morgan fingerprint density at radius 1 is 1.06 bits per heavy atom. The molecule has 96 valence electrons. The van der Waals surface area contributed by atoms with Gasteiger partial charge in [-0.25, -0.2) is 0 Å². The van der Waals surface area contributed by atoms with Crippen LogP contribution in [0.3, 0.4) is 0 Å². The van der Waals surface area contributed by atoms with E-state index >= 15 is 0 Å². The summed E-state index contributed by atoms with van der Waals surface area (Å²) >= 11 is 0. The van der Waals surface area contributed by atoms with Crippen LogP contribution in [0.5, 0.6) is 0 Å². The van der Waals surface area contributed by atoms with E-state index in [1.807, 2.05) is 0 Å². The lowest BCUT2D eigenvalue weighted by Gasteiger charge is -2.15. The van der Waals surface area contributed by atoms with Crippen molar-refractivity contribution in [2.75, 3.05) is 19.7 Å². The summed E-state index contributed by atoms with van der Waals surface area (Å²) in [4.78, 5) is 24.9. The van der Waals surface area contributed by atoms with E-state index in [-0.39, 0.29) is 18.5 Å². The van der Waals surface area contributed by atoms with E-state index in [0.717, 1.165) is 38.8 Å². The second-order valence-electron chi connectivity index (χ2n) is 5.10. The Morgan fingerprint density at radius 2 is 1.71 bits per heavy atom. The molecule has 0 atom stereocenters. The van der Waals surface area contributed by atoms with Gasteiger partial charge in [0.15, 0.2) is 6.61 Å². The molecule has 1 saturated carbocycles. The number of rotatable bonds is 4. The molecule has 2 aliphatic rings. The van der Waals surface area contributed by atoms with Gasteiger partial charge in [-0.05, 0) is 31.6 Å². The minimum atomic E-state index is -0.204. The summed E-state index contributed by atoms with van der Waals surface area (Å²) in [5.41, 5.74) is 0. The van der Waals surface area contributed by atoms with E-state index < -0.39 is 0 Å². The zero-order valence-electron chi connectivity index (χ0n) is 10.3. The fraction of sp³-hybridized carbons (Fsp3) is 0.846. The monoisotopic (exact) mass is 239 g/mol. The van der Waals surface area contributed by atoms with Crippen molar-refractivity contribution in [3.8, 4) is 0 Å². The summed E-state index contributed by atoms with van der Waals surface area (Å²) < 4.78 is 5.05. The van der Waals surface area contributed by atoms with Crippen molar-refractivity contribution < 1.29 is 14.3 Å². The Kier molecular flexibility index (Phi) is 4.40. The fourth-order valence-corrected chi connectivity index (χ4v) is 2.71. The number of likely N-dealkylation sites (tertiary alicyclic amines) is 1. The highest BCUT2D eigenvalue weighted by Gasteiger charge is 2.22. The average molecular weight is 239 g/mol. The fourth-order valence-electron chi connectivity index (χ4n) is 2.71. The van der Waals surface area contributed by atoms with Crippen molar-refractivity contribution >= 4 is 11.9 Å². The predicted molar refractivity (Wildman–Crippen MR) is 63.3 cm³/mol. The van der Waals surface area contributed by atoms with Crippen LogP contribution in [0.25, 0.3) is 0 Å². The smallest absolute Gasteiger partial charge is 0.306 e. The van der Waals surface area contributed by atoms with Gasteiger partial charge in [0.1, 0.15) is 0 Å². The van der Waals surface area contributed by atoms with Crippen LogP contribution in [-0.4, -0.2) is 36.5 Å². The SMILES string of the molecule is O=C(CC1CCCC1)OCC(=O)N1CCCC1. The Morgan fingerprint density at radius 3 is 2.35 bits per heavy atom. The van der Waals surface area contributed by atoms with E-state index in [1.165, 1.54) is 12.8 Å². The maximum atomic E-state index is 11.6. The Balaban J connectivity index is 1.63. The molecule has 0 bridgehead atoms. The molecule has 4 heteroatoms. The van der Waals surface area contributed by atoms with Crippen molar-refractivity contribution in [1.82, 2.24) is 4.90 Å². The van der Waals surface area contributed by atoms with E-state index in [1.54, 1.807) is 4.90 Å². The van der Waals surface area contributed by atoms with Gasteiger partial charge in [0.2, 0.25) is 0 Å². The van der Waals surface area contributed by atoms with Gasteiger partial charge < -0.3 is 9.64 Å². The lowest BCUT2D eigenvalue weighted by atomic mass is 10.1. The first-order valence-corrected chi connectivity index (χ1v) is 6.69. The minimum absolute atomic E-state index is 0.0396. The van der Waals surface area contributed by atoms with Crippen LogP contribution >= 0.6 is 0 Å². The van der Waals surface area contributed by atoms with Crippen LogP contribution in [-0.2, 0) is 14.3 Å². The first-order chi connectivity index (χ1) is 8.25. The first kappa shape index (κ1) is 12.4. The van der Waals surface area contributed by atoms with Crippen LogP contribution in [0.2, 0.25) is 0 Å². The van der Waals surface area contributed by atoms with Crippen LogP contribution in [0.4, 0.5) is 0 Å². The summed E-state index contributed by atoms with van der Waals surface area (Å²) in [6.07, 6.45) is 7.36. The molecule has 0 unspecified atom stereocenters. The number of hydrogen-bond acceptors (Lipinski definition) is 3. The highest BCUT2D eigenvalue weighted by Crippen LogP contribution is 2.27. The van der Waals surface area contributed by atoms with Gasteiger partial charge in [0.25, 0.3) is 5.91 Å². The van der Waals surface area contributed by atoms with Gasteiger partial charge in [-0.1, -0.05) is 12.8 Å². The third-order valence-corrected chi connectivity index (χ3v) is 3.75. The Hall–Kier alpha value is -1.06. The van der Waals surface area contributed by atoms with E-state index in [0.29, 0.717) is 12.3 Å². The summed E-state index contributed by atoms with van der Waals surface area (Å²) in [6.45, 7) is 1.57. The normalized spacial score (nSPS) is 20.8. The lowest BCUT2D eigenvalue weighted by Crippen LogP contribution is -2.32. The van der Waals surface area contributed by atoms with Crippen molar-refractivity contribution in [2.24, 2.45) is 5.92 Å². The van der Waals surface area contributed by atoms with Crippen LogP contribution in [0.1, 0.15) is 44.9 Å². The number of ether oxygens (including phenoxy) is 1. The van der Waals surface area contributed by atoms with E-state index in [9.17, 15) is 9.59 Å². The third-order valence-electron chi connectivity index (χ3n) is 3.75. The van der Waals surface area contributed by atoms with E-state index in [4.69, 9.17) is 4.74 Å². The molecular formula is C13H21NO3. The molecule has 17 heavy (non-hydrogen) atoms. The summed E-state index contributed by atoms with van der Waals surface area (Å²) in [7, 11) is 0. The number of amides is 1. The van der Waals surface area contributed by atoms with Gasteiger partial charge in [-0.15, -0.1) is 0 Å². The molecule has 0 aromatic heterocycles. The number of nitrogens with zero attached hydrogens (tertiary/aromatic N) is 1. The average Bonchev–Trinajstić information content (AvgIpc) is 2.97. The predicted octanol–water partition coefficient (Wildman–Crippen LogP) is 1.73. The van der Waals surface area contributed by atoms with E-state index in [2.05, 4.69) is 0 Å². The molecule has 4 nitrogen and oxygen atoms in total. The second kappa shape index (κ2) is 6.03. The topological polar surface area (TPSA) is 46.6 Å². The molecule has 2 fully saturated rings. The first-order valence-electron chi connectivity index (χ1n) is 6.69. The molecule has 1 aliphatic heterocycles. The molecule has 0 N–H and O–H groups in total. The molecule has 1 heterocycles. The number of esters is 1. The molecule has 0 spiro atoms. The highest BCUT2D eigenvalue weighted by molar-refractivity contribution is 5.80. The number of carbonyl (C=O) groups is 2. The minimum Gasteiger partial charge on any atom is -0.456 e. The van der Waals surface area contributed by atoms with Gasteiger partial charge in [0, 0.05) is 19.5 Å². The van der Waals surface area contributed by atoms with Crippen LogP contribution < -0.4 is 0 Å². The summed E-state index contributed by atoms with van der Waals surface area (Å²) in [5, 5.41) is 0. The summed E-state index contributed by atoms with van der Waals surface area (Å²) in [5.74, 6) is 0.246. The van der Waals surface area contributed by atoms with Crippen molar-refractivity contribution in [1.29, 1.82) is 0 Å². The number of hydrogen-bond donors (Lipinski definition) is 0. The van der Waals surface area contributed by atoms with Crippen LogP contribution in [0, 0.1) is 5.92 Å². The molecule has 1 amide bonds. The largest absolute Gasteiger partial charge is 0.456 e. The molecule has 0 radical (unpaired) electrons. The van der Waals surface area contributed by atoms with Crippen molar-refractivity contribution in [2.45, 2.75) is 44.9 Å². The molecule has 0 aromatic carbocycles. The van der Waals surface area contributed by atoms with Gasteiger partial charge >= 0.3 is 5.97 Å². The molecule has 1 aliphatic carbocycles. The lowest BCUT2D eigenvalue weighted by molar-refractivity contribution is -0.152. The van der Waals surface area contributed by atoms with Gasteiger partial charge in [0.05, 0.1) is 0 Å².